The Kier molecular flexibility index (Phi) is 6.15. The third-order valence-corrected chi connectivity index (χ3v) is 10.2. The SMILES string of the molecule is CC(=O)OCC(=O)[C@@]1(O)C(O)C[C@H]2[C@@H]3CCC4=CC(=O)C=C[C@]4(C)[C@@]3(F)C(O[Si](C)(C)C)C[C@@]21C. The van der Waals surface area contributed by atoms with Crippen LogP contribution in [0.15, 0.2) is 23.8 Å². The Hall–Kier alpha value is -1.68. The van der Waals surface area contributed by atoms with Gasteiger partial charge in [0.2, 0.25) is 5.78 Å². The van der Waals surface area contributed by atoms with E-state index in [0.717, 1.165) is 5.57 Å². The number of hydrogen-bond donors (Lipinski definition) is 2. The smallest absolute Gasteiger partial charge is 0.303 e. The van der Waals surface area contributed by atoms with Gasteiger partial charge in [-0.1, -0.05) is 18.6 Å². The lowest BCUT2D eigenvalue weighted by Crippen LogP contribution is -2.71. The Labute approximate surface area is 206 Å². The number of Topliss-reactive ketones (excluding diaryl/α,β-unsaturated/α-hetero) is 1. The van der Waals surface area contributed by atoms with Crippen molar-refractivity contribution in [3.63, 3.8) is 0 Å². The summed E-state index contributed by atoms with van der Waals surface area (Å²) in [6.45, 7) is 9.93. The van der Waals surface area contributed by atoms with Gasteiger partial charge in [-0.15, -0.1) is 0 Å². The van der Waals surface area contributed by atoms with Crippen LogP contribution < -0.4 is 0 Å². The van der Waals surface area contributed by atoms with Gasteiger partial charge in [-0.25, -0.2) is 4.39 Å². The van der Waals surface area contributed by atoms with Crippen LogP contribution in [0.1, 0.15) is 46.5 Å². The zero-order valence-electron chi connectivity index (χ0n) is 21.4. The number of allylic oxidation sites excluding steroid dienone is 4. The molecule has 0 radical (unpaired) electrons. The van der Waals surface area contributed by atoms with E-state index in [-0.39, 0.29) is 18.6 Å². The second-order valence-corrected chi connectivity index (χ2v) is 16.6. The number of ketones is 2. The van der Waals surface area contributed by atoms with Crippen LogP contribution in [0.25, 0.3) is 0 Å². The minimum Gasteiger partial charge on any atom is -0.458 e. The van der Waals surface area contributed by atoms with Gasteiger partial charge in [0.15, 0.2) is 32.0 Å². The molecule has 2 unspecified atom stereocenters. The van der Waals surface area contributed by atoms with Crippen LogP contribution in [0.5, 0.6) is 0 Å². The van der Waals surface area contributed by atoms with Gasteiger partial charge in [0.05, 0.1) is 12.2 Å². The highest BCUT2D eigenvalue weighted by molar-refractivity contribution is 6.69. The van der Waals surface area contributed by atoms with Crippen molar-refractivity contribution in [1.29, 1.82) is 0 Å². The van der Waals surface area contributed by atoms with E-state index in [1.165, 1.54) is 19.1 Å². The van der Waals surface area contributed by atoms with Crippen LogP contribution >= 0.6 is 0 Å². The Morgan fingerprint density at radius 2 is 1.89 bits per heavy atom. The summed E-state index contributed by atoms with van der Waals surface area (Å²) in [6, 6.07) is 0. The Morgan fingerprint density at radius 1 is 1.23 bits per heavy atom. The van der Waals surface area contributed by atoms with Gasteiger partial charge in [-0.3, -0.25) is 14.4 Å². The zero-order valence-corrected chi connectivity index (χ0v) is 22.4. The Balaban J connectivity index is 1.84. The molecule has 35 heavy (non-hydrogen) atoms. The summed E-state index contributed by atoms with van der Waals surface area (Å²) in [6.07, 6.45) is 3.18. The number of hydrogen-bond acceptors (Lipinski definition) is 7. The summed E-state index contributed by atoms with van der Waals surface area (Å²) in [5.74, 6) is -2.74. The normalized spacial score (nSPS) is 44.7. The van der Waals surface area contributed by atoms with Crippen LogP contribution in [0.3, 0.4) is 0 Å². The molecule has 0 saturated heterocycles. The number of halogens is 1. The van der Waals surface area contributed by atoms with Crippen LogP contribution in [0, 0.1) is 22.7 Å². The number of aliphatic hydroxyl groups excluding tert-OH is 1. The number of ether oxygens (including phenoxy) is 1. The highest BCUT2D eigenvalue weighted by atomic mass is 28.4. The van der Waals surface area contributed by atoms with E-state index in [9.17, 15) is 24.6 Å². The van der Waals surface area contributed by atoms with Crippen molar-refractivity contribution in [2.24, 2.45) is 22.7 Å². The highest BCUT2D eigenvalue weighted by Crippen LogP contribution is 2.70. The summed E-state index contributed by atoms with van der Waals surface area (Å²) in [7, 11) is -2.32. The summed E-state index contributed by atoms with van der Waals surface area (Å²) < 4.78 is 29.3. The lowest BCUT2D eigenvalue weighted by Gasteiger charge is -2.64. The molecular weight excluding hydrogens is 471 g/mol. The molecule has 4 aliphatic rings. The standard InChI is InChI=1S/C26H37FO7Si/c1-15(28)33-14-21(31)26(32)20(30)12-19-18-8-7-16-11-17(29)9-10-23(16,2)25(18,27)22(13-24(19,26)3)34-35(4,5)6/h9-11,18-20,22,30,32H,7-8,12-14H2,1-6H3/t18-,19-,20?,22?,23-,24-,25-,26-/m0/s1. The third-order valence-electron chi connectivity index (χ3n) is 9.16. The maximum absolute atomic E-state index is 17.9. The summed E-state index contributed by atoms with van der Waals surface area (Å²) in [5, 5.41) is 22.9. The van der Waals surface area contributed by atoms with Crippen molar-refractivity contribution < 1.29 is 38.1 Å². The number of carbonyl (C=O) groups excluding carboxylic acids is 3. The van der Waals surface area contributed by atoms with Gasteiger partial charge in [0.1, 0.15) is 0 Å². The molecule has 0 aromatic carbocycles. The second-order valence-electron chi connectivity index (χ2n) is 12.2. The Morgan fingerprint density at radius 3 is 2.49 bits per heavy atom. The average Bonchev–Trinajstić information content (AvgIpc) is 2.94. The molecule has 194 valence electrons. The maximum Gasteiger partial charge on any atom is 0.303 e. The number of alkyl halides is 1. The molecule has 0 bridgehead atoms. The molecule has 3 fully saturated rings. The molecule has 0 aromatic rings. The van der Waals surface area contributed by atoms with Crippen molar-refractivity contribution in [3.05, 3.63) is 23.8 Å². The lowest BCUT2D eigenvalue weighted by molar-refractivity contribution is -0.218. The Bertz CT molecular complexity index is 1020. The number of fused-ring (bicyclic) bond motifs is 5. The molecule has 0 amide bonds. The van der Waals surface area contributed by atoms with Gasteiger partial charge < -0.3 is 19.4 Å². The van der Waals surface area contributed by atoms with E-state index in [2.05, 4.69) is 0 Å². The van der Waals surface area contributed by atoms with Crippen LogP contribution in [0.2, 0.25) is 19.6 Å². The summed E-state index contributed by atoms with van der Waals surface area (Å²) in [5.41, 5.74) is -5.65. The van der Waals surface area contributed by atoms with Crippen molar-refractivity contribution in [2.45, 2.75) is 89.6 Å². The quantitative estimate of drug-likeness (QED) is 0.434. The second kappa shape index (κ2) is 8.16. The number of rotatable bonds is 5. The predicted octanol–water partition coefficient (Wildman–Crippen LogP) is 3.05. The molecule has 0 heterocycles. The lowest BCUT2D eigenvalue weighted by atomic mass is 9.44. The summed E-state index contributed by atoms with van der Waals surface area (Å²) >= 11 is 0. The first-order valence-electron chi connectivity index (χ1n) is 12.4. The van der Waals surface area contributed by atoms with E-state index in [4.69, 9.17) is 9.16 Å². The fourth-order valence-corrected chi connectivity index (χ4v) is 8.63. The highest BCUT2D eigenvalue weighted by Gasteiger charge is 2.76. The first-order valence-corrected chi connectivity index (χ1v) is 15.8. The molecule has 0 aromatic heterocycles. The van der Waals surface area contributed by atoms with Gasteiger partial charge in [-0.2, -0.15) is 0 Å². The first-order chi connectivity index (χ1) is 16.0. The summed E-state index contributed by atoms with van der Waals surface area (Å²) in [4.78, 5) is 36.7. The third kappa shape index (κ3) is 3.64. The zero-order chi connectivity index (χ0) is 26.2. The first kappa shape index (κ1) is 26.4. The van der Waals surface area contributed by atoms with Crippen molar-refractivity contribution in [2.75, 3.05) is 6.61 Å². The van der Waals surface area contributed by atoms with Crippen molar-refractivity contribution >= 4 is 25.9 Å². The van der Waals surface area contributed by atoms with E-state index in [1.807, 2.05) is 19.6 Å². The maximum atomic E-state index is 17.9. The minimum absolute atomic E-state index is 0.0129. The molecule has 8 atom stereocenters. The number of carbonyl (C=O) groups is 3. The van der Waals surface area contributed by atoms with Crippen molar-refractivity contribution in [1.82, 2.24) is 0 Å². The fraction of sp³-hybridized carbons (Fsp3) is 0.731. The van der Waals surface area contributed by atoms with Gasteiger partial charge >= 0.3 is 5.97 Å². The van der Waals surface area contributed by atoms with E-state index in [1.54, 1.807) is 19.9 Å². The molecule has 9 heteroatoms. The number of aliphatic hydroxyl groups is 2. The molecule has 0 spiro atoms. The monoisotopic (exact) mass is 508 g/mol. The average molecular weight is 509 g/mol. The predicted molar refractivity (Wildman–Crippen MR) is 129 cm³/mol. The molecule has 4 aliphatic carbocycles. The van der Waals surface area contributed by atoms with Gasteiger partial charge in [-0.05, 0) is 70.3 Å². The number of esters is 1. The fourth-order valence-electron chi connectivity index (χ4n) is 7.52. The van der Waals surface area contributed by atoms with Crippen LogP contribution in [0.4, 0.5) is 4.39 Å². The molecule has 3 saturated carbocycles. The molecule has 0 aliphatic heterocycles. The van der Waals surface area contributed by atoms with Crippen LogP contribution in [-0.2, 0) is 23.5 Å². The van der Waals surface area contributed by atoms with Gasteiger partial charge in [0.25, 0.3) is 0 Å². The largest absolute Gasteiger partial charge is 0.458 e. The molecule has 4 rings (SSSR count). The van der Waals surface area contributed by atoms with Crippen molar-refractivity contribution in [3.8, 4) is 0 Å². The van der Waals surface area contributed by atoms with Crippen LogP contribution in [-0.4, -0.2) is 66.2 Å². The van der Waals surface area contributed by atoms with E-state index in [0.29, 0.717) is 12.8 Å². The van der Waals surface area contributed by atoms with E-state index < -0.39 is 72.8 Å². The van der Waals surface area contributed by atoms with E-state index >= 15 is 4.39 Å². The molecule has 2 N–H and O–H groups in total. The van der Waals surface area contributed by atoms with Gasteiger partial charge in [0, 0.05) is 23.7 Å². The minimum atomic E-state index is -2.32. The molecule has 7 nitrogen and oxygen atoms in total. The molecular formula is C26H37FO7Si. The topological polar surface area (TPSA) is 110 Å².